The third-order valence-corrected chi connectivity index (χ3v) is 7.86. The van der Waals surface area contributed by atoms with E-state index in [4.69, 9.17) is 86.5 Å². The van der Waals surface area contributed by atoms with E-state index >= 15 is 0 Å². The van der Waals surface area contributed by atoms with Gasteiger partial charge in [0, 0.05) is 6.42 Å². The Morgan fingerprint density at radius 2 is 1.50 bits per heavy atom. The van der Waals surface area contributed by atoms with Crippen molar-refractivity contribution in [1.29, 1.82) is 5.26 Å². The van der Waals surface area contributed by atoms with E-state index < -0.39 is 19.0 Å². The Morgan fingerprint density at radius 1 is 1.00 bits per heavy atom. The van der Waals surface area contributed by atoms with Crippen molar-refractivity contribution < 1.29 is 0 Å². The average molecular weight is 360 g/mol. The van der Waals surface area contributed by atoms with Crippen molar-refractivity contribution in [1.82, 2.24) is 0 Å². The molecule has 1 saturated carbocycles. The van der Waals surface area contributed by atoms with Crippen LogP contribution in [0.3, 0.4) is 0 Å². The predicted octanol–water partition coefficient (Wildman–Crippen LogP) is 4.72. The molecule has 0 spiro atoms. The van der Waals surface area contributed by atoms with Crippen LogP contribution < -0.4 is 0 Å². The van der Waals surface area contributed by atoms with Gasteiger partial charge in [0.15, 0.2) is 9.21 Å². The molecule has 0 aromatic rings. The maximum Gasteiger partial charge on any atom is 0.169 e. The molecular weight excluding hydrogens is 358 g/mol. The first-order valence-corrected chi connectivity index (χ1v) is 6.65. The molecule has 1 unspecified atom stereocenters. The summed E-state index contributed by atoms with van der Waals surface area (Å²) in [5.41, 5.74) is 0. The van der Waals surface area contributed by atoms with Crippen LogP contribution in [0.2, 0.25) is 0 Å². The molecule has 0 heterocycles. The zero-order valence-corrected chi connectivity index (χ0v) is 12.6. The summed E-state index contributed by atoms with van der Waals surface area (Å²) in [5, 5.41) is 9.07. The summed E-state index contributed by atoms with van der Waals surface area (Å²) in [6, 6.07) is 1.85. The Bertz CT molecular complexity index is 452. The molecule has 2 aliphatic carbocycles. The summed E-state index contributed by atoms with van der Waals surface area (Å²) >= 11 is 42.7. The molecule has 1 fully saturated rings. The summed E-state index contributed by atoms with van der Waals surface area (Å²) in [6.07, 6.45) is -0.0782. The van der Waals surface area contributed by atoms with Crippen LogP contribution >= 0.6 is 81.2 Å². The number of hydrogen-bond acceptors (Lipinski definition) is 1. The Labute approximate surface area is 127 Å². The van der Waals surface area contributed by atoms with Gasteiger partial charge in [0.1, 0.15) is 9.75 Å². The molecule has 0 radical (unpaired) electrons. The van der Waals surface area contributed by atoms with Gasteiger partial charge in [0.2, 0.25) is 0 Å². The van der Waals surface area contributed by atoms with Crippen molar-refractivity contribution in [2.45, 2.75) is 25.4 Å². The molecule has 2 rings (SSSR count). The van der Waals surface area contributed by atoms with Crippen LogP contribution in [0.1, 0.15) is 6.42 Å². The Hall–Kier alpha value is 1.26. The fourth-order valence-electron chi connectivity index (χ4n) is 2.06. The van der Waals surface area contributed by atoms with Gasteiger partial charge in [-0.05, 0) is 0 Å². The Kier molecular flexibility index (Phi) is 2.93. The molecule has 3 atom stereocenters. The Balaban J connectivity index is 2.81. The first-order valence-electron chi connectivity index (χ1n) is 4.00. The second-order valence-corrected chi connectivity index (χ2v) is 7.69. The third kappa shape index (κ3) is 1.09. The average Bonchev–Trinajstić information content (AvgIpc) is 2.39. The standard InChI is InChI=1S/C8H2Cl7N/c9-3-4(10)7(13)5(11,2-16)1-6(3,12)8(7,14)15/h1H2/t5?,6-,7-/m0/s1. The largest absolute Gasteiger partial charge is 0.196 e. The quantitative estimate of drug-likeness (QED) is 0.574. The molecule has 0 N–H and O–H groups in total. The lowest BCUT2D eigenvalue weighted by molar-refractivity contribution is 0.617. The van der Waals surface area contributed by atoms with Crippen LogP contribution in [0.15, 0.2) is 10.1 Å². The number of nitrogens with zero attached hydrogens (tertiary/aromatic N) is 1. The van der Waals surface area contributed by atoms with Crippen molar-refractivity contribution in [3.8, 4) is 6.07 Å². The van der Waals surface area contributed by atoms with Crippen molar-refractivity contribution >= 4 is 81.2 Å². The smallest absolute Gasteiger partial charge is 0.169 e. The molecule has 2 aliphatic rings. The van der Waals surface area contributed by atoms with E-state index in [1.807, 2.05) is 6.07 Å². The fourth-order valence-corrected chi connectivity index (χ4v) is 5.50. The van der Waals surface area contributed by atoms with Crippen LogP contribution in [0.4, 0.5) is 0 Å². The van der Waals surface area contributed by atoms with E-state index in [9.17, 15) is 0 Å². The minimum atomic E-state index is -1.74. The molecule has 8 heteroatoms. The highest BCUT2D eigenvalue weighted by molar-refractivity contribution is 6.67. The SMILES string of the molecule is N#CC1(Cl)C[C@]2(Cl)C(Cl)=C(Cl)[C@@]1(Cl)C2(Cl)Cl. The molecule has 0 saturated heterocycles. The van der Waals surface area contributed by atoms with Gasteiger partial charge in [-0.2, -0.15) is 5.26 Å². The van der Waals surface area contributed by atoms with Crippen LogP contribution in [0.25, 0.3) is 0 Å². The predicted molar refractivity (Wildman–Crippen MR) is 69.2 cm³/mol. The maximum absolute atomic E-state index is 9.10. The molecule has 0 aliphatic heterocycles. The van der Waals surface area contributed by atoms with E-state index in [-0.39, 0.29) is 16.5 Å². The van der Waals surface area contributed by atoms with E-state index in [2.05, 4.69) is 0 Å². The highest BCUT2D eigenvalue weighted by Gasteiger charge is 2.84. The zero-order chi connectivity index (χ0) is 12.6. The molecular formula is C8H2Cl7N. The maximum atomic E-state index is 9.10. The monoisotopic (exact) mass is 357 g/mol. The lowest BCUT2D eigenvalue weighted by atomic mass is 9.92. The van der Waals surface area contributed by atoms with Crippen LogP contribution in [0, 0.1) is 11.3 Å². The minimum absolute atomic E-state index is 0.0439. The summed E-state index contributed by atoms with van der Waals surface area (Å²) in [7, 11) is 0. The number of nitriles is 1. The molecule has 2 bridgehead atoms. The highest BCUT2D eigenvalue weighted by Crippen LogP contribution is 2.76. The second-order valence-electron chi connectivity index (χ2n) is 3.75. The van der Waals surface area contributed by atoms with Crippen molar-refractivity contribution in [3.63, 3.8) is 0 Å². The molecule has 88 valence electrons. The van der Waals surface area contributed by atoms with Crippen molar-refractivity contribution in [3.05, 3.63) is 10.1 Å². The number of fused-ring (bicyclic) bond motifs is 2. The van der Waals surface area contributed by atoms with Crippen molar-refractivity contribution in [2.75, 3.05) is 0 Å². The zero-order valence-electron chi connectivity index (χ0n) is 7.30. The van der Waals surface area contributed by atoms with Gasteiger partial charge in [-0.15, -0.1) is 34.8 Å². The minimum Gasteiger partial charge on any atom is -0.196 e. The van der Waals surface area contributed by atoms with Gasteiger partial charge in [0.05, 0.1) is 16.1 Å². The third-order valence-electron chi connectivity index (χ3n) is 2.98. The molecule has 0 aromatic heterocycles. The van der Waals surface area contributed by atoms with Gasteiger partial charge in [-0.1, -0.05) is 46.4 Å². The first-order chi connectivity index (χ1) is 7.08. The van der Waals surface area contributed by atoms with Crippen molar-refractivity contribution in [2.24, 2.45) is 0 Å². The second kappa shape index (κ2) is 3.42. The van der Waals surface area contributed by atoms with E-state index in [0.29, 0.717) is 0 Å². The van der Waals surface area contributed by atoms with Crippen LogP contribution in [0.5, 0.6) is 0 Å². The summed E-state index contributed by atoms with van der Waals surface area (Å²) in [5.74, 6) is 0. The molecule has 16 heavy (non-hydrogen) atoms. The number of allylic oxidation sites excluding steroid dienone is 2. The molecule has 0 amide bonds. The van der Waals surface area contributed by atoms with E-state index in [0.717, 1.165) is 0 Å². The van der Waals surface area contributed by atoms with Crippen LogP contribution in [-0.2, 0) is 0 Å². The molecule has 1 nitrogen and oxygen atoms in total. The summed E-state index contributed by atoms with van der Waals surface area (Å²) in [4.78, 5) is -4.73. The number of alkyl halides is 5. The number of halogens is 7. The normalized spacial score (nSPS) is 49.6. The fraction of sp³-hybridized carbons (Fsp3) is 0.625. The van der Waals surface area contributed by atoms with Gasteiger partial charge in [0.25, 0.3) is 0 Å². The number of rotatable bonds is 0. The first kappa shape index (κ1) is 13.7. The topological polar surface area (TPSA) is 23.8 Å². The van der Waals surface area contributed by atoms with Gasteiger partial charge >= 0.3 is 0 Å². The summed E-state index contributed by atoms with van der Waals surface area (Å²) in [6.45, 7) is 0. The lowest BCUT2D eigenvalue weighted by Gasteiger charge is -2.34. The van der Waals surface area contributed by atoms with Gasteiger partial charge in [-0.25, -0.2) is 0 Å². The molecule has 0 aromatic carbocycles. The van der Waals surface area contributed by atoms with E-state index in [1.165, 1.54) is 0 Å². The Morgan fingerprint density at radius 3 is 1.81 bits per heavy atom. The lowest BCUT2D eigenvalue weighted by Crippen LogP contribution is -2.49. The van der Waals surface area contributed by atoms with Gasteiger partial charge < -0.3 is 0 Å². The van der Waals surface area contributed by atoms with Crippen LogP contribution in [-0.4, -0.2) is 19.0 Å². The van der Waals surface area contributed by atoms with Gasteiger partial charge in [-0.3, -0.25) is 0 Å². The highest BCUT2D eigenvalue weighted by atomic mass is 35.5. The number of hydrogen-bond donors (Lipinski definition) is 0. The van der Waals surface area contributed by atoms with E-state index in [1.54, 1.807) is 0 Å². The summed E-state index contributed by atoms with van der Waals surface area (Å²) < 4.78 is -1.74.